The molecule has 4 aromatic rings. The summed E-state index contributed by atoms with van der Waals surface area (Å²) < 4.78 is 7.14. The van der Waals surface area contributed by atoms with Crippen molar-refractivity contribution in [2.75, 3.05) is 6.61 Å². The van der Waals surface area contributed by atoms with Gasteiger partial charge in [-0.15, -0.1) is 0 Å². The minimum atomic E-state index is -2.74. The van der Waals surface area contributed by atoms with Crippen molar-refractivity contribution in [2.45, 2.75) is 44.9 Å². The number of rotatable bonds is 11. The molecule has 0 fully saturated rings. The minimum Gasteiger partial charge on any atom is -0.405 e. The highest BCUT2D eigenvalue weighted by Gasteiger charge is 2.50. The molecule has 0 heterocycles. The Bertz CT molecular complexity index is 1140. The van der Waals surface area contributed by atoms with E-state index in [1.54, 1.807) is 0 Å². The molecule has 0 amide bonds. The molecular weight excluding hydrogens is 470 g/mol. The maximum absolute atomic E-state index is 12.7. The summed E-state index contributed by atoms with van der Waals surface area (Å²) in [6, 6.07) is 41.5. The summed E-state index contributed by atoms with van der Waals surface area (Å²) in [5, 5.41) is 2.29. The first kappa shape index (κ1) is 26.7. The Balaban J connectivity index is 1.70. The molecule has 0 bridgehead atoms. The van der Waals surface area contributed by atoms with Crippen LogP contribution in [0.3, 0.4) is 0 Å². The zero-order valence-corrected chi connectivity index (χ0v) is 23.1. The average molecular weight is 508 g/mol. The van der Waals surface area contributed by atoms with Crippen LogP contribution in [-0.2, 0) is 22.3 Å². The van der Waals surface area contributed by atoms with Gasteiger partial charge in [-0.1, -0.05) is 142 Å². The van der Waals surface area contributed by atoms with Gasteiger partial charge in [-0.3, -0.25) is 4.90 Å². The minimum absolute atomic E-state index is 0.146. The predicted molar refractivity (Wildman–Crippen MR) is 156 cm³/mol. The summed E-state index contributed by atoms with van der Waals surface area (Å²) in [5.41, 5.74) is 2.35. The molecule has 1 atom stereocenters. The number of hydrogen-bond donors (Lipinski definition) is 0. The van der Waals surface area contributed by atoms with Crippen molar-refractivity contribution in [1.29, 1.82) is 0 Å². The zero-order valence-electron chi connectivity index (χ0n) is 22.1. The lowest BCUT2D eigenvalue weighted by molar-refractivity contribution is -0.114. The van der Waals surface area contributed by atoms with Crippen LogP contribution < -0.4 is 10.4 Å². The molecule has 0 spiro atoms. The molecule has 0 saturated carbocycles. The molecule has 0 saturated heterocycles. The zero-order chi connectivity index (χ0) is 26.1. The third-order valence-corrected chi connectivity index (χ3v) is 12.0. The number of hydrogen-bond acceptors (Lipinski definition) is 3. The fourth-order valence-electron chi connectivity index (χ4n) is 5.13. The average Bonchev–Trinajstić information content (AvgIpc) is 2.92. The van der Waals surface area contributed by atoms with Crippen molar-refractivity contribution in [3.8, 4) is 0 Å². The Kier molecular flexibility index (Phi) is 8.88. The predicted octanol–water partition coefficient (Wildman–Crippen LogP) is 5.83. The highest BCUT2D eigenvalue weighted by atomic mass is 28.4. The lowest BCUT2D eigenvalue weighted by Gasteiger charge is -2.44. The van der Waals surface area contributed by atoms with Gasteiger partial charge in [-0.25, -0.2) is 0 Å². The first-order chi connectivity index (χ1) is 17.9. The third-order valence-electron chi connectivity index (χ3n) is 6.97. The molecule has 37 heavy (non-hydrogen) atoms. The van der Waals surface area contributed by atoms with Crippen LogP contribution in [0.15, 0.2) is 121 Å². The highest BCUT2D eigenvalue weighted by molar-refractivity contribution is 6.99. The molecular formula is C33H37NO2Si. The third kappa shape index (κ3) is 6.34. The van der Waals surface area contributed by atoms with Gasteiger partial charge in [-0.05, 0) is 26.5 Å². The fourth-order valence-corrected chi connectivity index (χ4v) is 9.71. The first-order valence-electron chi connectivity index (χ1n) is 13.0. The number of aldehydes is 1. The topological polar surface area (TPSA) is 29.5 Å². The largest absolute Gasteiger partial charge is 0.405 e. The SMILES string of the molecule is CC(C)(C)[Si](OC[C@@H](C=O)N(Cc1ccccc1)Cc1ccccc1)(c1ccccc1)c1ccccc1. The van der Waals surface area contributed by atoms with Crippen LogP contribution in [0.1, 0.15) is 31.9 Å². The molecule has 0 unspecified atom stereocenters. The van der Waals surface area contributed by atoms with E-state index in [1.165, 1.54) is 21.5 Å². The Morgan fingerprint density at radius 2 is 1.05 bits per heavy atom. The Hall–Kier alpha value is -3.31. The fraction of sp³-hybridized carbons (Fsp3) is 0.242. The summed E-state index contributed by atoms with van der Waals surface area (Å²) in [4.78, 5) is 14.9. The van der Waals surface area contributed by atoms with Gasteiger partial charge in [0.25, 0.3) is 8.32 Å². The molecule has 0 aliphatic rings. The van der Waals surface area contributed by atoms with Crippen molar-refractivity contribution in [3.63, 3.8) is 0 Å². The van der Waals surface area contributed by atoms with Gasteiger partial charge in [-0.2, -0.15) is 0 Å². The molecule has 3 nitrogen and oxygen atoms in total. The maximum atomic E-state index is 12.7. The summed E-state index contributed by atoms with van der Waals surface area (Å²) >= 11 is 0. The van der Waals surface area contributed by atoms with E-state index >= 15 is 0 Å². The van der Waals surface area contributed by atoms with Gasteiger partial charge in [0, 0.05) is 13.1 Å². The molecule has 4 rings (SSSR count). The summed E-state index contributed by atoms with van der Waals surface area (Å²) in [6.07, 6.45) is 1.06. The molecule has 0 aromatic heterocycles. The second-order valence-electron chi connectivity index (χ2n) is 10.6. The number of benzene rings is 4. The van der Waals surface area contributed by atoms with E-state index < -0.39 is 8.32 Å². The van der Waals surface area contributed by atoms with Gasteiger partial charge in [0.2, 0.25) is 0 Å². The number of carbonyl (C=O) groups excluding carboxylic acids is 1. The van der Waals surface area contributed by atoms with Crippen LogP contribution in [0.4, 0.5) is 0 Å². The van der Waals surface area contributed by atoms with E-state index in [1.807, 2.05) is 48.5 Å². The molecule has 0 N–H and O–H groups in total. The normalized spacial score (nSPS) is 12.9. The van der Waals surface area contributed by atoms with Crippen molar-refractivity contribution in [1.82, 2.24) is 4.90 Å². The molecule has 4 aromatic carbocycles. The molecule has 0 radical (unpaired) electrons. The van der Waals surface area contributed by atoms with Crippen molar-refractivity contribution >= 4 is 25.0 Å². The van der Waals surface area contributed by atoms with Gasteiger partial charge in [0.15, 0.2) is 0 Å². The maximum Gasteiger partial charge on any atom is 0.261 e. The van der Waals surface area contributed by atoms with E-state index in [9.17, 15) is 4.79 Å². The number of carbonyl (C=O) groups is 1. The van der Waals surface area contributed by atoms with Gasteiger partial charge >= 0.3 is 0 Å². The second-order valence-corrected chi connectivity index (χ2v) is 14.9. The quantitative estimate of drug-likeness (QED) is 0.189. The van der Waals surface area contributed by atoms with Crippen molar-refractivity contribution < 1.29 is 9.22 Å². The molecule has 0 aliphatic carbocycles. The van der Waals surface area contributed by atoms with Gasteiger partial charge < -0.3 is 9.22 Å². The van der Waals surface area contributed by atoms with Crippen LogP contribution in [-0.4, -0.2) is 32.2 Å². The highest BCUT2D eigenvalue weighted by Crippen LogP contribution is 2.37. The van der Waals surface area contributed by atoms with E-state index in [0.29, 0.717) is 19.7 Å². The summed E-state index contributed by atoms with van der Waals surface area (Å²) in [7, 11) is -2.74. The van der Waals surface area contributed by atoms with Crippen LogP contribution in [0.5, 0.6) is 0 Å². The van der Waals surface area contributed by atoms with Crippen molar-refractivity contribution in [3.05, 3.63) is 132 Å². The molecule has 0 aliphatic heterocycles. The van der Waals surface area contributed by atoms with E-state index in [-0.39, 0.29) is 11.1 Å². The van der Waals surface area contributed by atoms with Gasteiger partial charge in [0.1, 0.15) is 6.29 Å². The molecule has 190 valence electrons. The monoisotopic (exact) mass is 507 g/mol. The Morgan fingerprint density at radius 3 is 1.41 bits per heavy atom. The second kappa shape index (κ2) is 12.3. The van der Waals surface area contributed by atoms with Crippen LogP contribution >= 0.6 is 0 Å². The lowest BCUT2D eigenvalue weighted by Crippen LogP contribution is -2.67. The Labute approximate surface area is 222 Å². The van der Waals surface area contributed by atoms with E-state index in [2.05, 4.69) is 98.5 Å². The van der Waals surface area contributed by atoms with Gasteiger partial charge in [0.05, 0.1) is 12.6 Å². The van der Waals surface area contributed by atoms with E-state index in [0.717, 1.165) is 6.29 Å². The van der Waals surface area contributed by atoms with Crippen LogP contribution in [0, 0.1) is 0 Å². The first-order valence-corrected chi connectivity index (χ1v) is 14.9. The van der Waals surface area contributed by atoms with Crippen LogP contribution in [0.25, 0.3) is 0 Å². The van der Waals surface area contributed by atoms with E-state index in [4.69, 9.17) is 4.43 Å². The standard InChI is InChI=1S/C33H37NO2Si/c1-33(2,3)37(31-20-12-6-13-21-31,32-22-14-7-15-23-32)36-27-30(26-35)34(24-28-16-8-4-9-17-28)25-29-18-10-5-11-19-29/h4-23,26,30H,24-25,27H2,1-3H3/t30-/m1/s1. The molecule has 4 heteroatoms. The lowest BCUT2D eigenvalue weighted by atomic mass is 10.1. The van der Waals surface area contributed by atoms with Crippen LogP contribution in [0.2, 0.25) is 5.04 Å². The van der Waals surface area contributed by atoms with Crippen molar-refractivity contribution in [2.24, 2.45) is 0 Å². The Morgan fingerprint density at radius 1 is 0.676 bits per heavy atom. The smallest absolute Gasteiger partial charge is 0.261 e. The number of nitrogens with zero attached hydrogens (tertiary/aromatic N) is 1. The summed E-state index contributed by atoms with van der Waals surface area (Å²) in [5.74, 6) is 0. The summed E-state index contributed by atoms with van der Waals surface area (Å²) in [6.45, 7) is 8.46.